The molecule has 0 saturated carbocycles. The third-order valence-corrected chi connectivity index (χ3v) is 2.43. The summed E-state index contributed by atoms with van der Waals surface area (Å²) in [5.74, 6) is 0.0833. The van der Waals surface area contributed by atoms with Gasteiger partial charge in [0.2, 0.25) is 0 Å². The first-order valence-corrected chi connectivity index (χ1v) is 6.83. The predicted octanol–water partition coefficient (Wildman–Crippen LogP) is 2.99. The molecule has 3 heteroatoms. The minimum absolute atomic E-state index is 0.0833. The van der Waals surface area contributed by atoms with Crippen LogP contribution >= 0.6 is 0 Å². The van der Waals surface area contributed by atoms with Crippen molar-refractivity contribution < 1.29 is 14.9 Å². The number of ether oxygens (including phenoxy) is 1. The zero-order valence-electron chi connectivity index (χ0n) is 12.4. The second-order valence-corrected chi connectivity index (χ2v) is 4.94. The van der Waals surface area contributed by atoms with Crippen LogP contribution in [0.1, 0.15) is 60.8 Å². The van der Waals surface area contributed by atoms with Crippen LogP contribution in [-0.4, -0.2) is 35.1 Å². The molecule has 3 nitrogen and oxygen atoms in total. The number of rotatable bonds is 7. The van der Waals surface area contributed by atoms with E-state index in [2.05, 4.69) is 0 Å². The Labute approximate surface area is 107 Å². The molecule has 2 N–H and O–H groups in total. The van der Waals surface area contributed by atoms with Crippen molar-refractivity contribution in [3.63, 3.8) is 0 Å². The Morgan fingerprint density at radius 1 is 1.00 bits per heavy atom. The number of aliphatic hydroxyl groups excluding tert-OH is 2. The highest BCUT2D eigenvalue weighted by molar-refractivity contribution is 4.65. The molecule has 106 valence electrons. The largest absolute Gasteiger partial charge is 0.396 e. The van der Waals surface area contributed by atoms with Gasteiger partial charge in [-0.3, -0.25) is 0 Å². The molecule has 0 amide bonds. The smallest absolute Gasteiger partial charge is 0.0590 e. The third-order valence-electron chi connectivity index (χ3n) is 2.43. The summed E-state index contributed by atoms with van der Waals surface area (Å²) in [6.45, 7) is 12.3. The van der Waals surface area contributed by atoms with E-state index in [4.69, 9.17) is 9.84 Å². The summed E-state index contributed by atoms with van der Waals surface area (Å²) in [6, 6.07) is 0. The fourth-order valence-corrected chi connectivity index (χ4v) is 1.60. The van der Waals surface area contributed by atoms with Gasteiger partial charge in [-0.25, -0.2) is 0 Å². The molecule has 0 radical (unpaired) electrons. The van der Waals surface area contributed by atoms with Crippen LogP contribution < -0.4 is 0 Å². The lowest BCUT2D eigenvalue weighted by Crippen LogP contribution is -2.22. The fourth-order valence-electron chi connectivity index (χ4n) is 1.60. The van der Waals surface area contributed by atoms with E-state index in [1.807, 2.05) is 41.5 Å². The van der Waals surface area contributed by atoms with E-state index >= 15 is 0 Å². The summed E-state index contributed by atoms with van der Waals surface area (Å²) < 4.78 is 5.25. The van der Waals surface area contributed by atoms with E-state index < -0.39 is 0 Å². The Kier molecular flexibility index (Phi) is 14.0. The van der Waals surface area contributed by atoms with Crippen LogP contribution in [0.3, 0.4) is 0 Å². The zero-order valence-corrected chi connectivity index (χ0v) is 12.4. The number of hydrogen-bond donors (Lipinski definition) is 2. The van der Waals surface area contributed by atoms with Crippen LogP contribution in [-0.2, 0) is 4.74 Å². The van der Waals surface area contributed by atoms with Gasteiger partial charge >= 0.3 is 0 Å². The molecule has 0 fully saturated rings. The van der Waals surface area contributed by atoms with Crippen molar-refractivity contribution in [3.05, 3.63) is 0 Å². The standard InChI is InChI=1S/C8H18O2.C6H14O/c1-3-5-8(10)7(4-2)6-9;1-5(2)7-6(3)4/h7-10H,3-6H2,1-2H3;5-6H,1-4H3. The molecule has 0 rings (SSSR count). The van der Waals surface area contributed by atoms with Crippen molar-refractivity contribution in [2.24, 2.45) is 5.92 Å². The first-order chi connectivity index (χ1) is 7.88. The molecule has 0 bridgehead atoms. The van der Waals surface area contributed by atoms with Crippen molar-refractivity contribution in [3.8, 4) is 0 Å². The maximum atomic E-state index is 9.35. The van der Waals surface area contributed by atoms with Gasteiger partial charge in [0.05, 0.1) is 18.3 Å². The van der Waals surface area contributed by atoms with Crippen molar-refractivity contribution in [1.82, 2.24) is 0 Å². The molecule has 0 aromatic heterocycles. The summed E-state index contributed by atoms with van der Waals surface area (Å²) in [6.07, 6.45) is 3.09. The summed E-state index contributed by atoms with van der Waals surface area (Å²) in [5, 5.41) is 18.1. The third kappa shape index (κ3) is 13.8. The van der Waals surface area contributed by atoms with E-state index in [9.17, 15) is 5.11 Å². The van der Waals surface area contributed by atoms with Gasteiger partial charge in [-0.05, 0) is 40.5 Å². The average molecular weight is 248 g/mol. The van der Waals surface area contributed by atoms with E-state index in [1.165, 1.54) is 0 Å². The monoisotopic (exact) mass is 248 g/mol. The van der Waals surface area contributed by atoms with Gasteiger partial charge in [-0.1, -0.05) is 20.3 Å². The van der Waals surface area contributed by atoms with Crippen molar-refractivity contribution >= 4 is 0 Å². The van der Waals surface area contributed by atoms with E-state index in [-0.39, 0.29) is 18.6 Å². The molecule has 2 unspecified atom stereocenters. The van der Waals surface area contributed by atoms with E-state index in [0.29, 0.717) is 12.2 Å². The van der Waals surface area contributed by atoms with Crippen LogP contribution in [0, 0.1) is 5.92 Å². The van der Waals surface area contributed by atoms with Crippen LogP contribution in [0.15, 0.2) is 0 Å². The first-order valence-electron chi connectivity index (χ1n) is 6.83. The SMILES string of the molecule is CC(C)OC(C)C.CCCC(O)C(CC)CO. The molecule has 17 heavy (non-hydrogen) atoms. The molecule has 0 spiro atoms. The Hall–Kier alpha value is -0.120. The highest BCUT2D eigenvalue weighted by atomic mass is 16.5. The zero-order chi connectivity index (χ0) is 13.8. The molecule has 2 atom stereocenters. The van der Waals surface area contributed by atoms with Crippen molar-refractivity contribution in [2.75, 3.05) is 6.61 Å². The van der Waals surface area contributed by atoms with Gasteiger partial charge in [0.15, 0.2) is 0 Å². The summed E-state index contributed by atoms with van der Waals surface area (Å²) in [5.41, 5.74) is 0. The molecule has 0 aliphatic rings. The summed E-state index contributed by atoms with van der Waals surface area (Å²) in [7, 11) is 0. The van der Waals surface area contributed by atoms with Crippen LogP contribution in [0.5, 0.6) is 0 Å². The lowest BCUT2D eigenvalue weighted by atomic mass is 9.97. The van der Waals surface area contributed by atoms with Gasteiger partial charge in [0.1, 0.15) is 0 Å². The molecular weight excluding hydrogens is 216 g/mol. The molecule has 0 aliphatic carbocycles. The van der Waals surface area contributed by atoms with Crippen LogP contribution in [0.2, 0.25) is 0 Å². The molecule has 0 saturated heterocycles. The summed E-state index contributed by atoms with van der Waals surface area (Å²) >= 11 is 0. The maximum absolute atomic E-state index is 9.35. The first kappa shape index (κ1) is 19.2. The second kappa shape index (κ2) is 12.3. The lowest BCUT2D eigenvalue weighted by molar-refractivity contribution is 0.0300. The van der Waals surface area contributed by atoms with Gasteiger partial charge in [0, 0.05) is 12.5 Å². The molecule has 0 aromatic carbocycles. The Bertz CT molecular complexity index is 136. The van der Waals surface area contributed by atoms with Gasteiger partial charge in [0.25, 0.3) is 0 Å². The van der Waals surface area contributed by atoms with E-state index in [0.717, 1.165) is 19.3 Å². The average Bonchev–Trinajstić information content (AvgIpc) is 2.18. The molecule has 0 aromatic rings. The van der Waals surface area contributed by atoms with Crippen LogP contribution in [0.25, 0.3) is 0 Å². The normalized spacial score (nSPS) is 14.5. The minimum Gasteiger partial charge on any atom is -0.396 e. The Balaban J connectivity index is 0. The lowest BCUT2D eigenvalue weighted by Gasteiger charge is -2.17. The second-order valence-electron chi connectivity index (χ2n) is 4.94. The minimum atomic E-state index is -0.306. The Morgan fingerprint density at radius 2 is 1.47 bits per heavy atom. The van der Waals surface area contributed by atoms with Crippen molar-refractivity contribution in [2.45, 2.75) is 79.1 Å². The molecule has 0 heterocycles. The number of aliphatic hydroxyl groups is 2. The van der Waals surface area contributed by atoms with Gasteiger partial charge in [-0.2, -0.15) is 0 Å². The van der Waals surface area contributed by atoms with Crippen molar-refractivity contribution in [1.29, 1.82) is 0 Å². The predicted molar refractivity (Wildman–Crippen MR) is 73.1 cm³/mol. The Morgan fingerprint density at radius 3 is 1.65 bits per heavy atom. The highest BCUT2D eigenvalue weighted by Crippen LogP contribution is 2.12. The topological polar surface area (TPSA) is 49.7 Å². The van der Waals surface area contributed by atoms with Gasteiger partial charge in [-0.15, -0.1) is 0 Å². The number of hydrogen-bond acceptors (Lipinski definition) is 3. The quantitative estimate of drug-likeness (QED) is 0.728. The summed E-state index contributed by atoms with van der Waals surface area (Å²) in [4.78, 5) is 0. The van der Waals surface area contributed by atoms with Gasteiger partial charge < -0.3 is 14.9 Å². The highest BCUT2D eigenvalue weighted by Gasteiger charge is 2.14. The van der Waals surface area contributed by atoms with Crippen LogP contribution in [0.4, 0.5) is 0 Å². The fraction of sp³-hybridized carbons (Fsp3) is 1.00. The molecular formula is C14H32O3. The molecule has 0 aliphatic heterocycles. The maximum Gasteiger partial charge on any atom is 0.0590 e. The van der Waals surface area contributed by atoms with E-state index in [1.54, 1.807) is 0 Å².